The maximum atomic E-state index is 13.7. The van der Waals surface area contributed by atoms with E-state index in [0.29, 0.717) is 18.5 Å². The van der Waals surface area contributed by atoms with Crippen LogP contribution in [-0.4, -0.2) is 40.5 Å². The number of benzene rings is 2. The number of hydrogen-bond acceptors (Lipinski definition) is 4. The van der Waals surface area contributed by atoms with Crippen LogP contribution in [0.25, 0.3) is 11.1 Å². The Morgan fingerprint density at radius 3 is 2.26 bits per heavy atom. The molecule has 38 heavy (non-hydrogen) atoms. The molecule has 0 aliphatic rings. The number of nitrogens with one attached hydrogen (secondary N) is 1. The number of pyridine rings is 1. The number of aromatic nitrogens is 1. The number of carboxylic acids is 1. The Hall–Kier alpha value is -3.71. The van der Waals surface area contributed by atoms with Crippen molar-refractivity contribution in [3.63, 3.8) is 0 Å². The molecule has 1 heterocycles. The zero-order chi connectivity index (χ0) is 28.0. The van der Waals surface area contributed by atoms with E-state index < -0.39 is 18.1 Å². The smallest absolute Gasteiger partial charge is 0.305 e. The van der Waals surface area contributed by atoms with E-state index >= 15 is 0 Å². The van der Waals surface area contributed by atoms with Crippen molar-refractivity contribution in [2.75, 3.05) is 14.1 Å². The summed E-state index contributed by atoms with van der Waals surface area (Å²) in [6.07, 6.45) is 1.91. The summed E-state index contributed by atoms with van der Waals surface area (Å²) in [4.78, 5) is 40.4. The molecule has 202 valence electrons. The molecule has 7 nitrogen and oxygen atoms in total. The molecule has 1 amide bonds. The van der Waals surface area contributed by atoms with Gasteiger partial charge in [0.15, 0.2) is 0 Å². The molecule has 0 aliphatic carbocycles. The fraction of sp³-hybridized carbons (Fsp3) is 0.387. The number of aryl methyl sites for hydroxylation is 2. The Kier molecular flexibility index (Phi) is 9.64. The van der Waals surface area contributed by atoms with Gasteiger partial charge in [-0.15, -0.1) is 0 Å². The minimum atomic E-state index is -1.02. The number of aliphatic carboxylic acids is 1. The Balaban J connectivity index is 1.99. The summed E-state index contributed by atoms with van der Waals surface area (Å²) in [5.41, 5.74) is 5.66. The molecule has 0 radical (unpaired) electrons. The van der Waals surface area contributed by atoms with E-state index in [1.807, 2.05) is 89.2 Å². The third kappa shape index (κ3) is 7.42. The van der Waals surface area contributed by atoms with Gasteiger partial charge in [-0.25, -0.2) is 0 Å². The highest BCUT2D eigenvalue weighted by molar-refractivity contribution is 5.82. The van der Waals surface area contributed by atoms with Crippen LogP contribution >= 0.6 is 0 Å². The molecule has 2 N–H and O–H groups in total. The second-order valence-corrected chi connectivity index (χ2v) is 10.7. The Bertz CT molecular complexity index is 1320. The second-order valence-electron chi connectivity index (χ2n) is 10.7. The molecule has 0 saturated carbocycles. The normalized spacial score (nSPS) is 12.9. The number of carbonyl (C=O) groups excluding carboxylic acids is 1. The molecule has 3 rings (SSSR count). The van der Waals surface area contributed by atoms with E-state index in [4.69, 9.17) is 0 Å². The molecule has 0 spiro atoms. The molecule has 7 heteroatoms. The largest absolute Gasteiger partial charge is 0.481 e. The summed E-state index contributed by atoms with van der Waals surface area (Å²) in [6.45, 7) is 8.72. The van der Waals surface area contributed by atoms with Crippen molar-refractivity contribution in [1.82, 2.24) is 14.8 Å². The van der Waals surface area contributed by atoms with Crippen molar-refractivity contribution in [2.45, 2.75) is 59.2 Å². The third-order valence-corrected chi connectivity index (χ3v) is 6.59. The van der Waals surface area contributed by atoms with Crippen molar-refractivity contribution in [2.24, 2.45) is 5.92 Å². The van der Waals surface area contributed by atoms with Crippen molar-refractivity contribution < 1.29 is 14.7 Å². The first-order valence-electron chi connectivity index (χ1n) is 13.0. The van der Waals surface area contributed by atoms with Crippen molar-refractivity contribution in [1.29, 1.82) is 0 Å². The summed E-state index contributed by atoms with van der Waals surface area (Å²) in [6, 6.07) is 15.5. The Morgan fingerprint density at radius 2 is 1.66 bits per heavy atom. The SMILES string of the molecule is Cc1cccc(C)c1-c1cccc([C@H](CC(=O)O)NC(=O)[C@H](CC(C)C)n2cc(CN(C)C)ccc2=O)c1. The molecular formula is C31H39N3O4. The second kappa shape index (κ2) is 12.7. The molecular weight excluding hydrogens is 478 g/mol. The quantitative estimate of drug-likeness (QED) is 0.369. The van der Waals surface area contributed by atoms with Crippen LogP contribution in [0.1, 0.15) is 61.0 Å². The fourth-order valence-corrected chi connectivity index (χ4v) is 4.92. The van der Waals surface area contributed by atoms with Crippen molar-refractivity contribution >= 4 is 11.9 Å². The van der Waals surface area contributed by atoms with Crippen molar-refractivity contribution in [3.05, 3.63) is 93.4 Å². The van der Waals surface area contributed by atoms with Gasteiger partial charge in [0.05, 0.1) is 12.5 Å². The van der Waals surface area contributed by atoms with Gasteiger partial charge in [0, 0.05) is 18.8 Å². The van der Waals surface area contributed by atoms with E-state index in [-0.39, 0.29) is 23.8 Å². The maximum Gasteiger partial charge on any atom is 0.305 e. The summed E-state index contributed by atoms with van der Waals surface area (Å²) in [5.74, 6) is -1.25. The van der Waals surface area contributed by atoms with Crippen LogP contribution in [0.4, 0.5) is 0 Å². The highest BCUT2D eigenvalue weighted by atomic mass is 16.4. The zero-order valence-electron chi connectivity index (χ0n) is 23.2. The molecule has 3 aromatic rings. The fourth-order valence-electron chi connectivity index (χ4n) is 4.92. The van der Waals surface area contributed by atoms with Gasteiger partial charge in [0.1, 0.15) is 6.04 Å². The highest BCUT2D eigenvalue weighted by Crippen LogP contribution is 2.30. The first-order valence-corrected chi connectivity index (χ1v) is 13.0. The van der Waals surface area contributed by atoms with Gasteiger partial charge in [0.2, 0.25) is 5.91 Å². The lowest BCUT2D eigenvalue weighted by Crippen LogP contribution is -2.40. The van der Waals surface area contributed by atoms with Gasteiger partial charge in [-0.1, -0.05) is 56.3 Å². The summed E-state index contributed by atoms with van der Waals surface area (Å²) in [5, 5.41) is 12.7. The highest BCUT2D eigenvalue weighted by Gasteiger charge is 2.27. The van der Waals surface area contributed by atoms with Crippen LogP contribution in [0.3, 0.4) is 0 Å². The van der Waals surface area contributed by atoms with Crippen LogP contribution in [0.5, 0.6) is 0 Å². The van der Waals surface area contributed by atoms with Gasteiger partial charge in [0.25, 0.3) is 5.56 Å². The minimum absolute atomic E-state index is 0.139. The number of carboxylic acid groups (broad SMARTS) is 1. The van der Waals surface area contributed by atoms with Crippen LogP contribution in [0, 0.1) is 19.8 Å². The Labute approximate surface area is 225 Å². The van der Waals surface area contributed by atoms with Gasteiger partial charge in [-0.2, -0.15) is 0 Å². The van der Waals surface area contributed by atoms with Crippen LogP contribution < -0.4 is 10.9 Å². The first-order chi connectivity index (χ1) is 18.0. The molecule has 0 fully saturated rings. The third-order valence-electron chi connectivity index (χ3n) is 6.59. The lowest BCUT2D eigenvalue weighted by atomic mass is 9.92. The summed E-state index contributed by atoms with van der Waals surface area (Å²) >= 11 is 0. The summed E-state index contributed by atoms with van der Waals surface area (Å²) < 4.78 is 1.49. The molecule has 0 bridgehead atoms. The molecule has 0 saturated heterocycles. The maximum absolute atomic E-state index is 13.7. The average molecular weight is 518 g/mol. The molecule has 0 unspecified atom stereocenters. The summed E-state index contributed by atoms with van der Waals surface area (Å²) in [7, 11) is 3.88. The van der Waals surface area contributed by atoms with Crippen LogP contribution in [0.15, 0.2) is 65.6 Å². The van der Waals surface area contributed by atoms with Crippen LogP contribution in [0.2, 0.25) is 0 Å². The predicted molar refractivity (Wildman–Crippen MR) is 151 cm³/mol. The van der Waals surface area contributed by atoms with Gasteiger partial charge in [-0.3, -0.25) is 14.4 Å². The lowest BCUT2D eigenvalue weighted by Gasteiger charge is -2.26. The lowest BCUT2D eigenvalue weighted by molar-refractivity contribution is -0.138. The van der Waals surface area contributed by atoms with Gasteiger partial charge >= 0.3 is 5.97 Å². The topological polar surface area (TPSA) is 91.6 Å². The van der Waals surface area contributed by atoms with Gasteiger partial charge in [-0.05, 0) is 79.7 Å². The standard InChI is InChI=1S/C31H39N3O4/c1-20(2)15-27(34-19-23(18-33(5)6)13-14-28(34)35)31(38)32-26(17-29(36)37)24-11-8-12-25(16-24)30-21(3)9-7-10-22(30)4/h7-14,16,19-20,26-27H,15,17-18H2,1-6H3,(H,32,38)(H,36,37)/t26-,27-/m0/s1. The van der Waals surface area contributed by atoms with E-state index in [0.717, 1.165) is 27.8 Å². The number of nitrogens with zero attached hydrogens (tertiary/aromatic N) is 2. The van der Waals surface area contributed by atoms with Gasteiger partial charge < -0.3 is 19.9 Å². The average Bonchev–Trinajstić information content (AvgIpc) is 2.83. The number of rotatable bonds is 11. The minimum Gasteiger partial charge on any atom is -0.481 e. The molecule has 1 aromatic heterocycles. The number of hydrogen-bond donors (Lipinski definition) is 2. The monoisotopic (exact) mass is 517 g/mol. The van der Waals surface area contributed by atoms with Crippen LogP contribution in [-0.2, 0) is 16.1 Å². The van der Waals surface area contributed by atoms with E-state index in [9.17, 15) is 19.5 Å². The number of carbonyl (C=O) groups is 2. The van der Waals surface area contributed by atoms with E-state index in [1.54, 1.807) is 12.3 Å². The number of amides is 1. The zero-order valence-corrected chi connectivity index (χ0v) is 23.2. The van der Waals surface area contributed by atoms with E-state index in [2.05, 4.69) is 5.32 Å². The molecule has 2 atom stereocenters. The first kappa shape index (κ1) is 28.9. The molecule has 0 aliphatic heterocycles. The molecule has 2 aromatic carbocycles. The Morgan fingerprint density at radius 1 is 1.00 bits per heavy atom. The van der Waals surface area contributed by atoms with Crippen molar-refractivity contribution in [3.8, 4) is 11.1 Å². The van der Waals surface area contributed by atoms with E-state index in [1.165, 1.54) is 10.6 Å². The predicted octanol–water partition coefficient (Wildman–Crippen LogP) is 5.11.